The van der Waals surface area contributed by atoms with Crippen LogP contribution in [0.1, 0.15) is 0 Å². The second-order valence-electron chi connectivity index (χ2n) is 11.6. The molecule has 11 rings (SSSR count). The molecule has 0 aliphatic carbocycles. The smallest absolute Gasteiger partial charge is 0.220 e. The predicted octanol–water partition coefficient (Wildman–Crippen LogP) is 9.08. The van der Waals surface area contributed by atoms with Crippen molar-refractivity contribution in [3.63, 3.8) is 0 Å². The summed E-state index contributed by atoms with van der Waals surface area (Å²) in [7, 11) is 0. The summed E-state index contributed by atoms with van der Waals surface area (Å²) >= 11 is 0. The lowest BCUT2D eigenvalue weighted by Crippen LogP contribution is -1.95. The molecule has 0 radical (unpaired) electrons. The van der Waals surface area contributed by atoms with Crippen molar-refractivity contribution in [2.45, 2.75) is 0 Å². The van der Waals surface area contributed by atoms with Crippen LogP contribution in [-0.2, 0) is 0 Å². The first-order valence-electron chi connectivity index (χ1n) is 15.0. The van der Waals surface area contributed by atoms with Gasteiger partial charge in [0.2, 0.25) is 11.6 Å². The molecule has 0 aliphatic heterocycles. The zero-order chi connectivity index (χ0) is 29.2. The first-order chi connectivity index (χ1) is 22.3. The number of nitrogens with zero attached hydrogens (tertiary/aromatic N) is 6. The minimum absolute atomic E-state index is 0.828. The number of hydrogen-bond donors (Lipinski definition) is 0. The Hall–Kier alpha value is -6.34. The molecule has 11 aromatic rings. The molecule has 0 saturated heterocycles. The largest absolute Gasteiger partial charge is 0.454 e. The zero-order valence-corrected chi connectivity index (χ0v) is 23.8. The van der Waals surface area contributed by atoms with E-state index in [4.69, 9.17) is 14.4 Å². The van der Waals surface area contributed by atoms with Gasteiger partial charge in [0.1, 0.15) is 5.58 Å². The monoisotopic (exact) mass is 578 g/mol. The first kappa shape index (κ1) is 23.2. The van der Waals surface area contributed by atoms with Crippen molar-refractivity contribution in [3.8, 4) is 11.4 Å². The van der Waals surface area contributed by atoms with E-state index in [2.05, 4.69) is 139 Å². The zero-order valence-electron chi connectivity index (χ0n) is 23.8. The molecule has 7 heteroatoms. The molecule has 0 bridgehead atoms. The summed E-state index contributed by atoms with van der Waals surface area (Å²) in [6, 6.07) is 46.3. The summed E-state index contributed by atoms with van der Waals surface area (Å²) in [5.74, 6) is 1.75. The van der Waals surface area contributed by atoms with E-state index < -0.39 is 0 Å². The average Bonchev–Trinajstić information content (AvgIpc) is 3.87. The number of aromatic nitrogens is 6. The van der Waals surface area contributed by atoms with E-state index in [1.54, 1.807) is 0 Å². The van der Waals surface area contributed by atoms with Crippen molar-refractivity contribution in [2.75, 3.05) is 0 Å². The van der Waals surface area contributed by atoms with Gasteiger partial charge in [0.25, 0.3) is 0 Å². The summed E-state index contributed by atoms with van der Waals surface area (Å²) in [6.45, 7) is 0. The molecule has 0 spiro atoms. The van der Waals surface area contributed by atoms with Gasteiger partial charge in [0.15, 0.2) is 5.58 Å². The van der Waals surface area contributed by atoms with Gasteiger partial charge >= 0.3 is 0 Å². The van der Waals surface area contributed by atoms with Crippen molar-refractivity contribution >= 4 is 77.6 Å². The number of hydrogen-bond acceptors (Lipinski definition) is 3. The number of para-hydroxylation sites is 9. The number of imidazole rings is 4. The first-order valence-corrected chi connectivity index (χ1v) is 15.0. The summed E-state index contributed by atoms with van der Waals surface area (Å²) in [4.78, 5) is 10.2. The molecule has 0 amide bonds. The molecule has 0 unspecified atom stereocenters. The van der Waals surface area contributed by atoms with Crippen molar-refractivity contribution < 1.29 is 4.42 Å². The fourth-order valence-electron chi connectivity index (χ4n) is 7.28. The Morgan fingerprint density at radius 1 is 0.444 bits per heavy atom. The molecule has 6 aromatic carbocycles. The van der Waals surface area contributed by atoms with E-state index >= 15 is 0 Å². The van der Waals surface area contributed by atoms with Crippen LogP contribution >= 0.6 is 0 Å². The molecule has 7 nitrogen and oxygen atoms in total. The Morgan fingerprint density at radius 2 is 1.00 bits per heavy atom. The lowest BCUT2D eigenvalue weighted by Gasteiger charge is -2.06. The van der Waals surface area contributed by atoms with Gasteiger partial charge in [-0.1, -0.05) is 60.7 Å². The van der Waals surface area contributed by atoms with Gasteiger partial charge < -0.3 is 4.42 Å². The van der Waals surface area contributed by atoms with E-state index in [-0.39, 0.29) is 0 Å². The van der Waals surface area contributed by atoms with Gasteiger partial charge in [-0.15, -0.1) is 0 Å². The lowest BCUT2D eigenvalue weighted by molar-refractivity contribution is 0.666. The Bertz CT molecular complexity index is 3000. The normalized spacial score (nSPS) is 12.4. The molecular formula is C38H22N6O. The molecule has 0 N–H and O–H groups in total. The van der Waals surface area contributed by atoms with Crippen LogP contribution in [-0.4, -0.2) is 27.9 Å². The number of benzene rings is 6. The fraction of sp³-hybridized carbons (Fsp3) is 0. The number of rotatable bonds is 2. The third-order valence-electron chi connectivity index (χ3n) is 9.17. The SMILES string of the molecule is c1ccc2c(c1)nc1n(-c3ccc4oc5c(-n6c7ccccc7n7c8ccccc8nc67)cccc5c4c3)c3ccccc3n21. The molecule has 5 aromatic heterocycles. The molecule has 0 fully saturated rings. The van der Waals surface area contributed by atoms with Crippen molar-refractivity contribution in [1.29, 1.82) is 0 Å². The highest BCUT2D eigenvalue weighted by molar-refractivity contribution is 6.09. The second kappa shape index (κ2) is 8.18. The second-order valence-corrected chi connectivity index (χ2v) is 11.6. The molecule has 0 atom stereocenters. The van der Waals surface area contributed by atoms with Crippen LogP contribution in [0, 0.1) is 0 Å². The van der Waals surface area contributed by atoms with Gasteiger partial charge in [-0.3, -0.25) is 17.9 Å². The van der Waals surface area contributed by atoms with Gasteiger partial charge in [-0.25, -0.2) is 9.97 Å². The van der Waals surface area contributed by atoms with Gasteiger partial charge in [0, 0.05) is 10.8 Å². The average molecular weight is 579 g/mol. The van der Waals surface area contributed by atoms with E-state index in [0.717, 1.165) is 89.0 Å². The molecule has 0 saturated carbocycles. The summed E-state index contributed by atoms with van der Waals surface area (Å²) < 4.78 is 15.6. The highest BCUT2D eigenvalue weighted by atomic mass is 16.3. The number of fused-ring (bicyclic) bond motifs is 13. The van der Waals surface area contributed by atoms with Crippen LogP contribution in [0.2, 0.25) is 0 Å². The highest BCUT2D eigenvalue weighted by Crippen LogP contribution is 2.38. The van der Waals surface area contributed by atoms with Crippen molar-refractivity contribution in [3.05, 3.63) is 133 Å². The fourth-order valence-corrected chi connectivity index (χ4v) is 7.28. The molecule has 5 heterocycles. The Kier molecular flexibility index (Phi) is 4.21. The summed E-state index contributed by atoms with van der Waals surface area (Å²) in [6.07, 6.45) is 0. The minimum Gasteiger partial charge on any atom is -0.454 e. The minimum atomic E-state index is 0.828. The third-order valence-corrected chi connectivity index (χ3v) is 9.17. The summed E-state index contributed by atoms with van der Waals surface area (Å²) in [5.41, 5.74) is 12.2. The van der Waals surface area contributed by atoms with Crippen LogP contribution in [0.4, 0.5) is 0 Å². The third kappa shape index (κ3) is 2.89. The Balaban J connectivity index is 1.20. The van der Waals surface area contributed by atoms with Gasteiger partial charge in [-0.05, 0) is 72.8 Å². The van der Waals surface area contributed by atoms with E-state index in [1.807, 2.05) is 12.1 Å². The van der Waals surface area contributed by atoms with Gasteiger partial charge in [-0.2, -0.15) is 0 Å². The van der Waals surface area contributed by atoms with E-state index in [9.17, 15) is 0 Å². The number of furan rings is 1. The topological polar surface area (TPSA) is 57.6 Å². The summed E-state index contributed by atoms with van der Waals surface area (Å²) in [5, 5.41) is 2.11. The maximum Gasteiger partial charge on any atom is 0.220 e. The lowest BCUT2D eigenvalue weighted by atomic mass is 10.1. The maximum atomic E-state index is 6.69. The van der Waals surface area contributed by atoms with Crippen LogP contribution in [0.25, 0.3) is 89.0 Å². The Morgan fingerprint density at radius 3 is 1.67 bits per heavy atom. The molecule has 210 valence electrons. The standard InChI is InChI=1S/C38H22N6O/c1-3-13-28-26(11-1)39-37-41(30-15-5-6-16-31(30)42(28)37)23-20-21-35-25(22-23)24-10-9-19-34(36(24)45-35)44-33-18-8-7-17-32(33)43-29-14-4-2-12-27(29)40-38(43)44/h1-22H. The van der Waals surface area contributed by atoms with Crippen molar-refractivity contribution in [2.24, 2.45) is 0 Å². The van der Waals surface area contributed by atoms with Crippen LogP contribution in [0.15, 0.2) is 138 Å². The van der Waals surface area contributed by atoms with E-state index in [1.165, 1.54) is 0 Å². The van der Waals surface area contributed by atoms with Gasteiger partial charge in [0.05, 0.1) is 55.5 Å². The van der Waals surface area contributed by atoms with E-state index in [0.29, 0.717) is 0 Å². The maximum absolute atomic E-state index is 6.69. The van der Waals surface area contributed by atoms with Crippen molar-refractivity contribution in [1.82, 2.24) is 27.9 Å². The molecule has 45 heavy (non-hydrogen) atoms. The van der Waals surface area contributed by atoms with Crippen LogP contribution < -0.4 is 0 Å². The van der Waals surface area contributed by atoms with Crippen LogP contribution in [0.5, 0.6) is 0 Å². The Labute approximate surface area is 254 Å². The van der Waals surface area contributed by atoms with Crippen LogP contribution in [0.3, 0.4) is 0 Å². The molecular weight excluding hydrogens is 556 g/mol. The predicted molar refractivity (Wildman–Crippen MR) is 180 cm³/mol. The molecule has 0 aliphatic rings. The highest BCUT2D eigenvalue weighted by Gasteiger charge is 2.22. The quantitative estimate of drug-likeness (QED) is 0.206.